The smallest absolute Gasteiger partial charge is 0.330 e. The quantitative estimate of drug-likeness (QED) is 0.708. The summed E-state index contributed by atoms with van der Waals surface area (Å²) in [7, 11) is 0. The molecule has 1 aliphatic rings. The number of hydroxylamine groups is 2. The van der Waals surface area contributed by atoms with E-state index in [1.54, 1.807) is 0 Å². The third-order valence-electron chi connectivity index (χ3n) is 3.54. The summed E-state index contributed by atoms with van der Waals surface area (Å²) in [6.45, 7) is 0.181. The first-order valence-electron chi connectivity index (χ1n) is 7.07. The van der Waals surface area contributed by atoms with E-state index in [2.05, 4.69) is 0 Å². The largest absolute Gasteiger partial charge is 0.353 e. The molecule has 7 nitrogen and oxygen atoms in total. The Labute approximate surface area is 128 Å². The van der Waals surface area contributed by atoms with Gasteiger partial charge in [0.25, 0.3) is 11.8 Å². The lowest BCUT2D eigenvalue weighted by Crippen LogP contribution is -2.54. The van der Waals surface area contributed by atoms with Crippen molar-refractivity contribution < 1.29 is 19.2 Å². The van der Waals surface area contributed by atoms with Gasteiger partial charge in [-0.2, -0.15) is 0 Å². The van der Waals surface area contributed by atoms with Crippen LogP contribution in [0.4, 0.5) is 0 Å². The molecule has 7 heteroatoms. The first-order valence-corrected chi connectivity index (χ1v) is 7.07. The number of carbonyl (C=O) groups is 3. The van der Waals surface area contributed by atoms with Gasteiger partial charge in [-0.05, 0) is 18.5 Å². The van der Waals surface area contributed by atoms with Crippen LogP contribution in [0.2, 0.25) is 0 Å². The van der Waals surface area contributed by atoms with E-state index in [0.717, 1.165) is 5.56 Å². The Morgan fingerprint density at radius 3 is 2.32 bits per heavy atom. The van der Waals surface area contributed by atoms with E-state index in [0.29, 0.717) is 5.06 Å². The number of carbonyl (C=O) groups excluding carboxylic acids is 3. The molecule has 2 amide bonds. The van der Waals surface area contributed by atoms with Crippen molar-refractivity contribution in [1.29, 1.82) is 0 Å². The molecule has 1 aliphatic heterocycles. The van der Waals surface area contributed by atoms with Crippen molar-refractivity contribution in [2.75, 3.05) is 6.54 Å². The molecular formula is C15H19N3O4. The van der Waals surface area contributed by atoms with Gasteiger partial charge in [0.05, 0.1) is 0 Å². The van der Waals surface area contributed by atoms with Crippen LogP contribution < -0.4 is 11.5 Å². The molecule has 1 atom stereocenters. The first kappa shape index (κ1) is 16.1. The van der Waals surface area contributed by atoms with Crippen molar-refractivity contribution in [2.24, 2.45) is 11.5 Å². The highest BCUT2D eigenvalue weighted by molar-refractivity contribution is 6.02. The molecule has 0 aromatic heterocycles. The lowest BCUT2D eigenvalue weighted by atomic mass is 9.88. The standard InChI is InChI=1S/C15H19N3O4/c16-9-8-15(17,10-11-4-2-1-3-5-11)14(21)22-18-12(19)6-7-13(18)20/h1-5H,6-10,16-17H2. The van der Waals surface area contributed by atoms with Crippen molar-refractivity contribution in [2.45, 2.75) is 31.2 Å². The third-order valence-corrected chi connectivity index (χ3v) is 3.54. The van der Waals surface area contributed by atoms with E-state index in [1.807, 2.05) is 30.3 Å². The molecule has 2 rings (SSSR count). The van der Waals surface area contributed by atoms with E-state index in [9.17, 15) is 14.4 Å². The zero-order valence-electron chi connectivity index (χ0n) is 12.2. The molecule has 1 saturated heterocycles. The fourth-order valence-corrected chi connectivity index (χ4v) is 2.31. The maximum atomic E-state index is 12.4. The zero-order chi connectivity index (χ0) is 16.2. The fraction of sp³-hybridized carbons (Fsp3) is 0.400. The van der Waals surface area contributed by atoms with E-state index >= 15 is 0 Å². The Bertz CT molecular complexity index is 559. The number of hydrogen-bond donors (Lipinski definition) is 2. The van der Waals surface area contributed by atoms with Gasteiger partial charge < -0.3 is 16.3 Å². The Hall–Kier alpha value is -2.25. The first-order chi connectivity index (χ1) is 10.5. The van der Waals surface area contributed by atoms with Crippen molar-refractivity contribution in [3.05, 3.63) is 35.9 Å². The SMILES string of the molecule is NCCC(N)(Cc1ccccc1)C(=O)ON1C(=O)CCC1=O. The van der Waals surface area contributed by atoms with Gasteiger partial charge in [0.2, 0.25) is 0 Å². The minimum absolute atomic E-state index is 0.0409. The Morgan fingerprint density at radius 2 is 1.77 bits per heavy atom. The number of benzene rings is 1. The second-order valence-corrected chi connectivity index (χ2v) is 5.32. The highest BCUT2D eigenvalue weighted by Gasteiger charge is 2.40. The maximum absolute atomic E-state index is 12.4. The number of amides is 2. The molecular weight excluding hydrogens is 286 g/mol. The molecule has 1 unspecified atom stereocenters. The molecule has 22 heavy (non-hydrogen) atoms. The van der Waals surface area contributed by atoms with Gasteiger partial charge in [0, 0.05) is 19.3 Å². The van der Waals surface area contributed by atoms with Gasteiger partial charge in [0.15, 0.2) is 0 Å². The van der Waals surface area contributed by atoms with Crippen molar-refractivity contribution in [3.8, 4) is 0 Å². The molecule has 0 aliphatic carbocycles. The summed E-state index contributed by atoms with van der Waals surface area (Å²) in [5.74, 6) is -1.90. The molecule has 118 valence electrons. The van der Waals surface area contributed by atoms with Crippen LogP contribution in [0.1, 0.15) is 24.8 Å². The number of nitrogens with two attached hydrogens (primary N) is 2. The van der Waals surface area contributed by atoms with Crippen LogP contribution in [-0.4, -0.2) is 34.9 Å². The van der Waals surface area contributed by atoms with E-state index < -0.39 is 23.3 Å². The van der Waals surface area contributed by atoms with Gasteiger partial charge in [-0.25, -0.2) is 4.79 Å². The zero-order valence-corrected chi connectivity index (χ0v) is 12.2. The van der Waals surface area contributed by atoms with Crippen LogP contribution in [0, 0.1) is 0 Å². The lowest BCUT2D eigenvalue weighted by molar-refractivity contribution is -0.201. The third kappa shape index (κ3) is 3.49. The van der Waals surface area contributed by atoms with E-state index in [4.69, 9.17) is 16.3 Å². The Kier molecular flexibility index (Phi) is 4.89. The van der Waals surface area contributed by atoms with Crippen molar-refractivity contribution in [3.63, 3.8) is 0 Å². The summed E-state index contributed by atoms with van der Waals surface area (Å²) < 4.78 is 0. The van der Waals surface area contributed by atoms with Gasteiger partial charge in [0.1, 0.15) is 5.54 Å². The predicted octanol–water partition coefficient (Wildman–Crippen LogP) is -0.117. The summed E-state index contributed by atoms with van der Waals surface area (Å²) in [5.41, 5.74) is 11.1. The Morgan fingerprint density at radius 1 is 1.18 bits per heavy atom. The minimum Gasteiger partial charge on any atom is -0.330 e. The highest BCUT2D eigenvalue weighted by Crippen LogP contribution is 2.20. The lowest BCUT2D eigenvalue weighted by Gasteiger charge is -2.28. The summed E-state index contributed by atoms with van der Waals surface area (Å²) >= 11 is 0. The minimum atomic E-state index is -1.39. The van der Waals surface area contributed by atoms with Gasteiger partial charge in [-0.1, -0.05) is 30.3 Å². The number of imide groups is 1. The average Bonchev–Trinajstić information content (AvgIpc) is 2.80. The molecule has 0 spiro atoms. The highest BCUT2D eigenvalue weighted by atomic mass is 16.7. The van der Waals surface area contributed by atoms with Crippen LogP contribution in [0.3, 0.4) is 0 Å². The molecule has 1 aromatic rings. The number of nitrogens with zero attached hydrogens (tertiary/aromatic N) is 1. The number of rotatable bonds is 6. The second-order valence-electron chi connectivity index (χ2n) is 5.32. The monoisotopic (exact) mass is 305 g/mol. The summed E-state index contributed by atoms with van der Waals surface area (Å²) in [4.78, 5) is 40.3. The maximum Gasteiger partial charge on any atom is 0.353 e. The fourth-order valence-electron chi connectivity index (χ4n) is 2.31. The van der Waals surface area contributed by atoms with Crippen LogP contribution in [0.25, 0.3) is 0 Å². The van der Waals surface area contributed by atoms with Gasteiger partial charge >= 0.3 is 5.97 Å². The molecule has 4 N–H and O–H groups in total. The van der Waals surface area contributed by atoms with Crippen LogP contribution >= 0.6 is 0 Å². The molecule has 1 aromatic carbocycles. The molecule has 1 fully saturated rings. The van der Waals surface area contributed by atoms with Crippen molar-refractivity contribution in [1.82, 2.24) is 5.06 Å². The predicted molar refractivity (Wildman–Crippen MR) is 77.9 cm³/mol. The number of hydrogen-bond acceptors (Lipinski definition) is 6. The Balaban J connectivity index is 2.13. The van der Waals surface area contributed by atoms with E-state index in [1.165, 1.54) is 0 Å². The van der Waals surface area contributed by atoms with Crippen molar-refractivity contribution >= 4 is 17.8 Å². The van der Waals surface area contributed by atoms with Crippen LogP contribution in [0.15, 0.2) is 30.3 Å². The van der Waals surface area contributed by atoms with Gasteiger partial charge in [-0.3, -0.25) is 9.59 Å². The van der Waals surface area contributed by atoms with E-state index in [-0.39, 0.29) is 32.2 Å². The molecule has 0 radical (unpaired) electrons. The topological polar surface area (TPSA) is 116 Å². The summed E-state index contributed by atoms with van der Waals surface area (Å²) in [6, 6.07) is 9.17. The second kappa shape index (κ2) is 6.67. The van der Waals surface area contributed by atoms with Crippen LogP contribution in [-0.2, 0) is 25.6 Å². The molecule has 0 saturated carbocycles. The molecule has 1 heterocycles. The van der Waals surface area contributed by atoms with Crippen LogP contribution in [0.5, 0.6) is 0 Å². The average molecular weight is 305 g/mol. The summed E-state index contributed by atoms with van der Waals surface area (Å²) in [5, 5.41) is 0.505. The normalized spacial score (nSPS) is 17.5. The van der Waals surface area contributed by atoms with Gasteiger partial charge in [-0.15, -0.1) is 5.06 Å². The molecule has 0 bridgehead atoms. The summed E-state index contributed by atoms with van der Waals surface area (Å²) in [6.07, 6.45) is 0.468.